The van der Waals surface area contributed by atoms with Crippen molar-refractivity contribution in [3.63, 3.8) is 0 Å². The fourth-order valence-electron chi connectivity index (χ4n) is 2.40. The van der Waals surface area contributed by atoms with Gasteiger partial charge in [-0.25, -0.2) is 0 Å². The quantitative estimate of drug-likeness (QED) is 0.866. The maximum Gasteiger partial charge on any atom is 0.267 e. The summed E-state index contributed by atoms with van der Waals surface area (Å²) in [4.78, 5) is 16.1. The number of carbonyl (C=O) groups excluding carboxylic acids is 1. The standard InChI is InChI=1S/C16H17NO3S2/c1-20-13-11-14(12-5-3-2-4-6-12)21-15(13)16(18)17-7-9-22(19)10-8-17/h2-6,11H,7-10H2,1H3. The van der Waals surface area contributed by atoms with Gasteiger partial charge in [-0.05, 0) is 11.6 Å². The lowest BCUT2D eigenvalue weighted by atomic mass is 10.2. The molecule has 1 aromatic carbocycles. The first-order valence-corrected chi connectivity index (χ1v) is 9.37. The van der Waals surface area contributed by atoms with E-state index in [0.717, 1.165) is 10.4 Å². The molecule has 0 saturated carbocycles. The van der Waals surface area contributed by atoms with Crippen LogP contribution in [0.5, 0.6) is 5.75 Å². The lowest BCUT2D eigenvalue weighted by Crippen LogP contribution is -2.41. The molecule has 1 saturated heterocycles. The number of hydrogen-bond acceptors (Lipinski definition) is 4. The summed E-state index contributed by atoms with van der Waals surface area (Å²) in [6, 6.07) is 11.9. The van der Waals surface area contributed by atoms with E-state index in [0.29, 0.717) is 35.2 Å². The smallest absolute Gasteiger partial charge is 0.267 e. The second kappa shape index (κ2) is 6.62. The van der Waals surface area contributed by atoms with E-state index in [1.165, 1.54) is 11.3 Å². The molecule has 1 aromatic heterocycles. The summed E-state index contributed by atoms with van der Waals surface area (Å²) in [5.74, 6) is 1.71. The second-order valence-electron chi connectivity index (χ2n) is 5.01. The molecule has 4 nitrogen and oxygen atoms in total. The van der Waals surface area contributed by atoms with Crippen LogP contribution in [0.15, 0.2) is 36.4 Å². The minimum Gasteiger partial charge on any atom is -0.495 e. The number of benzene rings is 1. The van der Waals surface area contributed by atoms with Crippen LogP contribution < -0.4 is 4.74 Å². The molecule has 0 unspecified atom stereocenters. The van der Waals surface area contributed by atoms with Crippen LogP contribution in [0, 0.1) is 0 Å². The van der Waals surface area contributed by atoms with Gasteiger partial charge in [0.1, 0.15) is 10.6 Å². The van der Waals surface area contributed by atoms with Gasteiger partial charge >= 0.3 is 0 Å². The highest BCUT2D eigenvalue weighted by molar-refractivity contribution is 7.85. The van der Waals surface area contributed by atoms with E-state index < -0.39 is 10.8 Å². The Kier molecular flexibility index (Phi) is 4.59. The summed E-state index contributed by atoms with van der Waals surface area (Å²) in [6.07, 6.45) is 0. The largest absolute Gasteiger partial charge is 0.495 e. The topological polar surface area (TPSA) is 46.6 Å². The van der Waals surface area contributed by atoms with Gasteiger partial charge in [-0.15, -0.1) is 11.3 Å². The van der Waals surface area contributed by atoms with Crippen molar-refractivity contribution >= 4 is 28.0 Å². The zero-order valence-corrected chi connectivity index (χ0v) is 13.9. The van der Waals surface area contributed by atoms with Crippen LogP contribution >= 0.6 is 11.3 Å². The Balaban J connectivity index is 1.88. The van der Waals surface area contributed by atoms with E-state index in [1.54, 1.807) is 12.0 Å². The van der Waals surface area contributed by atoms with Crippen LogP contribution in [0.2, 0.25) is 0 Å². The number of ether oxygens (including phenoxy) is 1. The fourth-order valence-corrected chi connectivity index (χ4v) is 4.56. The highest BCUT2D eigenvalue weighted by Crippen LogP contribution is 2.37. The Morgan fingerprint density at radius 2 is 1.91 bits per heavy atom. The number of nitrogens with zero attached hydrogens (tertiary/aromatic N) is 1. The number of hydrogen-bond donors (Lipinski definition) is 0. The van der Waals surface area contributed by atoms with Crippen molar-refractivity contribution in [1.82, 2.24) is 4.90 Å². The first-order valence-electron chi connectivity index (χ1n) is 7.06. The van der Waals surface area contributed by atoms with Crippen molar-refractivity contribution in [3.8, 4) is 16.2 Å². The predicted octanol–water partition coefficient (Wildman–Crippen LogP) is 2.63. The van der Waals surface area contributed by atoms with Crippen molar-refractivity contribution in [2.75, 3.05) is 31.7 Å². The molecule has 116 valence electrons. The number of methoxy groups -OCH3 is 1. The molecule has 0 spiro atoms. The molecule has 0 bridgehead atoms. The molecule has 1 fully saturated rings. The normalized spacial score (nSPS) is 15.8. The van der Waals surface area contributed by atoms with Gasteiger partial charge in [-0.3, -0.25) is 9.00 Å². The Labute approximate surface area is 136 Å². The Morgan fingerprint density at radius 3 is 2.55 bits per heavy atom. The number of thiophene rings is 1. The van der Waals surface area contributed by atoms with Gasteiger partial charge < -0.3 is 9.64 Å². The zero-order chi connectivity index (χ0) is 15.5. The van der Waals surface area contributed by atoms with Crippen LogP contribution in [0.4, 0.5) is 0 Å². The first kappa shape index (κ1) is 15.2. The summed E-state index contributed by atoms with van der Waals surface area (Å²) in [7, 11) is 0.795. The third-order valence-corrected chi connectivity index (χ3v) is 6.06. The SMILES string of the molecule is COc1cc(-c2ccccc2)sc1C(=O)N1CCS(=O)CC1. The number of carbonyl (C=O) groups is 1. The van der Waals surface area contributed by atoms with Gasteiger partial charge in [0.15, 0.2) is 0 Å². The van der Waals surface area contributed by atoms with Gasteiger partial charge in [0.25, 0.3) is 5.91 Å². The second-order valence-corrected chi connectivity index (χ2v) is 7.76. The molecule has 3 rings (SSSR count). The summed E-state index contributed by atoms with van der Waals surface area (Å²) < 4.78 is 16.8. The highest BCUT2D eigenvalue weighted by atomic mass is 32.2. The number of amides is 1. The first-order chi connectivity index (χ1) is 10.7. The zero-order valence-electron chi connectivity index (χ0n) is 12.3. The molecular weight excluding hydrogens is 318 g/mol. The average Bonchev–Trinajstić information content (AvgIpc) is 3.00. The predicted molar refractivity (Wildman–Crippen MR) is 90.1 cm³/mol. The molecule has 1 aliphatic heterocycles. The van der Waals surface area contributed by atoms with E-state index in [1.807, 2.05) is 36.4 Å². The molecule has 1 aliphatic rings. The minimum absolute atomic E-state index is 0.0271. The van der Waals surface area contributed by atoms with Gasteiger partial charge in [-0.1, -0.05) is 30.3 Å². The third kappa shape index (κ3) is 3.08. The van der Waals surface area contributed by atoms with E-state index in [4.69, 9.17) is 4.74 Å². The van der Waals surface area contributed by atoms with Gasteiger partial charge in [-0.2, -0.15) is 0 Å². The molecule has 0 radical (unpaired) electrons. The van der Waals surface area contributed by atoms with Crippen molar-refractivity contribution in [2.45, 2.75) is 0 Å². The van der Waals surface area contributed by atoms with E-state index in [2.05, 4.69) is 0 Å². The molecule has 6 heteroatoms. The molecule has 0 N–H and O–H groups in total. The lowest BCUT2D eigenvalue weighted by Gasteiger charge is -2.26. The van der Waals surface area contributed by atoms with E-state index >= 15 is 0 Å². The highest BCUT2D eigenvalue weighted by Gasteiger charge is 2.26. The maximum atomic E-state index is 12.7. The van der Waals surface area contributed by atoms with Gasteiger partial charge in [0.05, 0.1) is 7.11 Å². The van der Waals surface area contributed by atoms with Crippen molar-refractivity contribution in [2.24, 2.45) is 0 Å². The summed E-state index contributed by atoms with van der Waals surface area (Å²) in [6.45, 7) is 1.10. The summed E-state index contributed by atoms with van der Waals surface area (Å²) in [5.41, 5.74) is 1.07. The van der Waals surface area contributed by atoms with Gasteiger partial charge in [0.2, 0.25) is 0 Å². The molecule has 2 heterocycles. The molecule has 2 aromatic rings. The van der Waals surface area contributed by atoms with Crippen molar-refractivity contribution < 1.29 is 13.7 Å². The minimum atomic E-state index is -0.787. The Bertz CT molecular complexity index is 687. The lowest BCUT2D eigenvalue weighted by molar-refractivity contribution is 0.0773. The van der Waals surface area contributed by atoms with Crippen LogP contribution in [0.1, 0.15) is 9.67 Å². The number of rotatable bonds is 3. The van der Waals surface area contributed by atoms with E-state index in [9.17, 15) is 9.00 Å². The third-order valence-electron chi connectivity index (χ3n) is 3.64. The molecular formula is C16H17NO3S2. The van der Waals surface area contributed by atoms with Crippen LogP contribution in [0.3, 0.4) is 0 Å². The molecule has 22 heavy (non-hydrogen) atoms. The molecule has 1 amide bonds. The summed E-state index contributed by atoms with van der Waals surface area (Å²) >= 11 is 1.45. The fraction of sp³-hybridized carbons (Fsp3) is 0.312. The summed E-state index contributed by atoms with van der Waals surface area (Å²) in [5, 5.41) is 0. The molecule has 0 atom stereocenters. The van der Waals surface area contributed by atoms with Gasteiger partial charge in [0, 0.05) is 40.3 Å². The van der Waals surface area contributed by atoms with Crippen molar-refractivity contribution in [3.05, 3.63) is 41.3 Å². The average molecular weight is 335 g/mol. The molecule has 0 aliphatic carbocycles. The van der Waals surface area contributed by atoms with Crippen LogP contribution in [-0.2, 0) is 10.8 Å². The monoisotopic (exact) mass is 335 g/mol. The van der Waals surface area contributed by atoms with E-state index in [-0.39, 0.29) is 5.91 Å². The van der Waals surface area contributed by atoms with Crippen LogP contribution in [0.25, 0.3) is 10.4 Å². The Hall–Kier alpha value is -1.66. The van der Waals surface area contributed by atoms with Crippen LogP contribution in [-0.4, -0.2) is 46.7 Å². The Morgan fingerprint density at radius 1 is 1.23 bits per heavy atom. The van der Waals surface area contributed by atoms with Crippen molar-refractivity contribution in [1.29, 1.82) is 0 Å². The maximum absolute atomic E-state index is 12.7.